The lowest BCUT2D eigenvalue weighted by Gasteiger charge is -2.04. The van der Waals surface area contributed by atoms with E-state index in [0.717, 1.165) is 6.07 Å². The van der Waals surface area contributed by atoms with Gasteiger partial charge in [-0.3, -0.25) is 0 Å². The Morgan fingerprint density at radius 3 is 2.64 bits per heavy atom. The number of anilines is 1. The Bertz CT molecular complexity index is 472. The van der Waals surface area contributed by atoms with E-state index in [-0.39, 0.29) is 5.65 Å². The highest BCUT2D eigenvalue weighted by Crippen LogP contribution is 2.29. The number of H-pyrrole nitrogens is 1. The molecule has 0 amide bonds. The van der Waals surface area contributed by atoms with Gasteiger partial charge in [-0.1, -0.05) is 0 Å². The number of aromatic amines is 1. The van der Waals surface area contributed by atoms with Crippen LogP contribution in [0.4, 0.5) is 18.9 Å². The molecule has 0 aliphatic heterocycles. The highest BCUT2D eigenvalue weighted by molar-refractivity contribution is 5.88. The molecule has 74 valence electrons. The van der Waals surface area contributed by atoms with Crippen molar-refractivity contribution in [2.24, 2.45) is 0 Å². The zero-order valence-electron chi connectivity index (χ0n) is 6.89. The molecular formula is C8H6F3N3. The van der Waals surface area contributed by atoms with E-state index in [1.54, 1.807) is 0 Å². The zero-order chi connectivity index (χ0) is 10.3. The number of hydrogen-bond acceptors (Lipinski definition) is 2. The molecule has 2 aromatic rings. The summed E-state index contributed by atoms with van der Waals surface area (Å²) in [4.78, 5) is 5.97. The molecule has 2 rings (SSSR count). The highest BCUT2D eigenvalue weighted by atomic mass is 19.4. The molecule has 0 aromatic carbocycles. The summed E-state index contributed by atoms with van der Waals surface area (Å²) in [6, 6.07) is 2.21. The summed E-state index contributed by atoms with van der Waals surface area (Å²) >= 11 is 0. The maximum absolute atomic E-state index is 12.2. The number of alkyl halides is 3. The Morgan fingerprint density at radius 1 is 1.29 bits per heavy atom. The van der Waals surface area contributed by atoms with Crippen LogP contribution in [0.2, 0.25) is 0 Å². The Morgan fingerprint density at radius 2 is 2.00 bits per heavy atom. The van der Waals surface area contributed by atoms with Gasteiger partial charge >= 0.3 is 6.18 Å². The van der Waals surface area contributed by atoms with Crippen molar-refractivity contribution in [2.45, 2.75) is 6.18 Å². The third-order valence-corrected chi connectivity index (χ3v) is 1.86. The van der Waals surface area contributed by atoms with Gasteiger partial charge in [0.15, 0.2) is 0 Å². The van der Waals surface area contributed by atoms with Crippen molar-refractivity contribution in [2.75, 3.05) is 5.73 Å². The van der Waals surface area contributed by atoms with Gasteiger partial charge in [0.1, 0.15) is 11.3 Å². The first-order chi connectivity index (χ1) is 6.48. The Labute approximate surface area is 76.7 Å². The minimum Gasteiger partial charge on any atom is -0.397 e. The van der Waals surface area contributed by atoms with Crippen molar-refractivity contribution in [1.29, 1.82) is 0 Å². The van der Waals surface area contributed by atoms with Crippen molar-refractivity contribution in [1.82, 2.24) is 9.97 Å². The summed E-state index contributed by atoms with van der Waals surface area (Å²) < 4.78 is 36.6. The maximum Gasteiger partial charge on any atom is 0.433 e. The van der Waals surface area contributed by atoms with Crippen molar-refractivity contribution in [3.05, 3.63) is 24.0 Å². The molecule has 0 bridgehead atoms. The van der Waals surface area contributed by atoms with Crippen molar-refractivity contribution < 1.29 is 13.2 Å². The molecule has 0 saturated heterocycles. The van der Waals surface area contributed by atoms with Crippen LogP contribution in [0.5, 0.6) is 0 Å². The summed E-state index contributed by atoms with van der Waals surface area (Å²) in [5.41, 5.74) is 5.10. The largest absolute Gasteiger partial charge is 0.433 e. The minimum atomic E-state index is -4.42. The normalized spacial score (nSPS) is 12.2. The van der Waals surface area contributed by atoms with E-state index in [1.807, 2.05) is 0 Å². The monoisotopic (exact) mass is 201 g/mol. The number of nitrogen functional groups attached to an aromatic ring is 1. The number of fused-ring (bicyclic) bond motifs is 1. The second-order valence-electron chi connectivity index (χ2n) is 2.83. The third kappa shape index (κ3) is 1.28. The second kappa shape index (κ2) is 2.63. The molecule has 0 radical (unpaired) electrons. The van der Waals surface area contributed by atoms with Crippen LogP contribution < -0.4 is 5.73 Å². The van der Waals surface area contributed by atoms with Gasteiger partial charge in [-0.2, -0.15) is 13.2 Å². The molecule has 2 aromatic heterocycles. The number of pyridine rings is 1. The van der Waals surface area contributed by atoms with Crippen LogP contribution >= 0.6 is 0 Å². The highest BCUT2D eigenvalue weighted by Gasteiger charge is 2.32. The fourth-order valence-corrected chi connectivity index (χ4v) is 1.18. The van der Waals surface area contributed by atoms with Crippen molar-refractivity contribution >= 4 is 16.7 Å². The third-order valence-electron chi connectivity index (χ3n) is 1.86. The molecule has 0 atom stereocenters. The fourth-order valence-electron chi connectivity index (χ4n) is 1.18. The number of rotatable bonds is 0. The van der Waals surface area contributed by atoms with Gasteiger partial charge in [-0.25, -0.2) is 4.98 Å². The van der Waals surface area contributed by atoms with E-state index in [0.29, 0.717) is 11.1 Å². The lowest BCUT2D eigenvalue weighted by atomic mass is 10.2. The van der Waals surface area contributed by atoms with Crippen LogP contribution in [-0.4, -0.2) is 9.97 Å². The van der Waals surface area contributed by atoms with Crippen LogP contribution in [0, 0.1) is 0 Å². The summed E-state index contributed by atoms with van der Waals surface area (Å²) in [6.07, 6.45) is -3.01. The average molecular weight is 201 g/mol. The first kappa shape index (κ1) is 8.86. The Hall–Kier alpha value is -1.72. The number of hydrogen-bond donors (Lipinski definition) is 2. The molecule has 2 heterocycles. The predicted octanol–water partition coefficient (Wildman–Crippen LogP) is 2.16. The molecule has 0 aliphatic rings. The zero-order valence-corrected chi connectivity index (χ0v) is 6.89. The molecule has 3 N–H and O–H groups in total. The topological polar surface area (TPSA) is 54.7 Å². The van der Waals surface area contributed by atoms with Gasteiger partial charge in [0, 0.05) is 11.6 Å². The molecule has 14 heavy (non-hydrogen) atoms. The molecule has 0 unspecified atom stereocenters. The van der Waals surface area contributed by atoms with Gasteiger partial charge < -0.3 is 10.7 Å². The van der Waals surface area contributed by atoms with E-state index in [4.69, 9.17) is 5.73 Å². The molecular weight excluding hydrogens is 195 g/mol. The molecule has 0 aliphatic carbocycles. The molecule has 3 nitrogen and oxygen atoms in total. The van der Waals surface area contributed by atoms with Gasteiger partial charge in [0.2, 0.25) is 0 Å². The number of nitrogens with two attached hydrogens (primary N) is 1. The van der Waals surface area contributed by atoms with E-state index >= 15 is 0 Å². The Balaban J connectivity index is 2.63. The second-order valence-corrected chi connectivity index (χ2v) is 2.83. The molecule has 0 saturated carbocycles. The molecule has 6 heteroatoms. The number of nitrogens with one attached hydrogen (secondary N) is 1. The van der Waals surface area contributed by atoms with Crippen molar-refractivity contribution in [3.63, 3.8) is 0 Å². The number of halogens is 3. The van der Waals surface area contributed by atoms with Gasteiger partial charge in [0.05, 0.1) is 5.69 Å². The number of aromatic nitrogens is 2. The maximum atomic E-state index is 12.2. The predicted molar refractivity (Wildman–Crippen MR) is 45.5 cm³/mol. The average Bonchev–Trinajstić information content (AvgIpc) is 2.46. The fraction of sp³-hybridized carbons (Fsp3) is 0.125. The standard InChI is InChI=1S/C8H6F3N3/c9-8(10,11)6-2-1-4-5(12)3-13-7(4)14-6/h1-3H,12H2,(H,13,14). The van der Waals surface area contributed by atoms with E-state index in [1.165, 1.54) is 12.3 Å². The summed E-state index contributed by atoms with van der Waals surface area (Å²) in [5, 5.41) is 0.498. The van der Waals surface area contributed by atoms with Crippen LogP contribution in [0.3, 0.4) is 0 Å². The summed E-state index contributed by atoms with van der Waals surface area (Å²) in [6.45, 7) is 0. The van der Waals surface area contributed by atoms with E-state index < -0.39 is 11.9 Å². The summed E-state index contributed by atoms with van der Waals surface area (Å²) in [5.74, 6) is 0. The van der Waals surface area contributed by atoms with Gasteiger partial charge in [-0.05, 0) is 12.1 Å². The van der Waals surface area contributed by atoms with Crippen LogP contribution in [0.25, 0.3) is 11.0 Å². The van der Waals surface area contributed by atoms with Crippen LogP contribution in [-0.2, 0) is 6.18 Å². The first-order valence-electron chi connectivity index (χ1n) is 3.79. The minimum absolute atomic E-state index is 0.150. The number of nitrogens with zero attached hydrogens (tertiary/aromatic N) is 1. The first-order valence-corrected chi connectivity index (χ1v) is 3.79. The lowest BCUT2D eigenvalue weighted by molar-refractivity contribution is -0.141. The molecule has 0 spiro atoms. The smallest absolute Gasteiger partial charge is 0.397 e. The quantitative estimate of drug-likeness (QED) is 0.686. The summed E-state index contributed by atoms with van der Waals surface area (Å²) in [7, 11) is 0. The van der Waals surface area contributed by atoms with Crippen LogP contribution in [0.1, 0.15) is 5.69 Å². The lowest BCUT2D eigenvalue weighted by Crippen LogP contribution is -2.07. The van der Waals surface area contributed by atoms with Gasteiger partial charge in [0.25, 0.3) is 0 Å². The van der Waals surface area contributed by atoms with Gasteiger partial charge in [-0.15, -0.1) is 0 Å². The van der Waals surface area contributed by atoms with E-state index in [9.17, 15) is 13.2 Å². The SMILES string of the molecule is Nc1c[nH]c2nc(C(F)(F)F)ccc12. The molecule has 0 fully saturated rings. The Kier molecular flexibility index (Phi) is 1.67. The van der Waals surface area contributed by atoms with Crippen molar-refractivity contribution in [3.8, 4) is 0 Å². The van der Waals surface area contributed by atoms with Crippen LogP contribution in [0.15, 0.2) is 18.3 Å². The van der Waals surface area contributed by atoms with E-state index in [2.05, 4.69) is 9.97 Å².